The molecule has 0 aliphatic carbocycles. The fourth-order valence-corrected chi connectivity index (χ4v) is 4.96. The standard InChI is InChI=1S/C22H24FNO3/c1-27-19-11-16(7-9-18(19)23)21(26)24-17-8-10-20(24)22(13-17,14-25)12-15-5-3-2-4-6-15/h2-7,9,11,17,20,25H,8,10,12-14H2,1H3/t17-,20+,22-/m0/s1. The highest BCUT2D eigenvalue weighted by Crippen LogP contribution is 2.51. The van der Waals surface area contributed by atoms with Gasteiger partial charge < -0.3 is 14.7 Å². The maximum atomic E-state index is 13.7. The Morgan fingerprint density at radius 1 is 1.26 bits per heavy atom. The minimum Gasteiger partial charge on any atom is -0.494 e. The molecule has 4 rings (SSSR count). The summed E-state index contributed by atoms with van der Waals surface area (Å²) in [6.07, 6.45) is 3.39. The van der Waals surface area contributed by atoms with Crippen molar-refractivity contribution in [1.82, 2.24) is 4.90 Å². The molecule has 0 radical (unpaired) electrons. The summed E-state index contributed by atoms with van der Waals surface area (Å²) in [5, 5.41) is 10.3. The molecule has 2 aromatic carbocycles. The lowest BCUT2D eigenvalue weighted by atomic mass is 9.70. The first-order chi connectivity index (χ1) is 13.1. The molecule has 2 bridgehead atoms. The summed E-state index contributed by atoms with van der Waals surface area (Å²) in [7, 11) is 1.39. The van der Waals surface area contributed by atoms with E-state index in [0.29, 0.717) is 5.56 Å². The molecule has 1 amide bonds. The summed E-state index contributed by atoms with van der Waals surface area (Å²) >= 11 is 0. The molecule has 2 heterocycles. The average molecular weight is 369 g/mol. The Balaban J connectivity index is 1.62. The Bertz CT molecular complexity index is 841. The van der Waals surface area contributed by atoms with E-state index < -0.39 is 5.82 Å². The zero-order valence-electron chi connectivity index (χ0n) is 15.4. The number of hydrogen-bond donors (Lipinski definition) is 1. The lowest BCUT2D eigenvalue weighted by Crippen LogP contribution is -2.43. The number of fused-ring (bicyclic) bond motifs is 2. The van der Waals surface area contributed by atoms with Crippen LogP contribution in [-0.2, 0) is 6.42 Å². The highest BCUT2D eigenvalue weighted by molar-refractivity contribution is 5.95. The van der Waals surface area contributed by atoms with Crippen molar-refractivity contribution in [2.45, 2.75) is 37.8 Å². The van der Waals surface area contributed by atoms with Crippen LogP contribution in [-0.4, -0.2) is 41.7 Å². The van der Waals surface area contributed by atoms with E-state index in [2.05, 4.69) is 12.1 Å². The predicted molar refractivity (Wildman–Crippen MR) is 100 cm³/mol. The van der Waals surface area contributed by atoms with Crippen molar-refractivity contribution < 1.29 is 19.0 Å². The number of aliphatic hydroxyl groups excluding tert-OH is 1. The zero-order valence-corrected chi connectivity index (χ0v) is 15.4. The van der Waals surface area contributed by atoms with Crippen molar-refractivity contribution in [2.75, 3.05) is 13.7 Å². The van der Waals surface area contributed by atoms with Crippen molar-refractivity contribution >= 4 is 5.91 Å². The number of nitrogens with zero attached hydrogens (tertiary/aromatic N) is 1. The molecule has 2 aliphatic rings. The van der Waals surface area contributed by atoms with Gasteiger partial charge in [0.1, 0.15) is 0 Å². The van der Waals surface area contributed by atoms with Crippen LogP contribution >= 0.6 is 0 Å². The molecule has 2 saturated heterocycles. The molecule has 2 aromatic rings. The summed E-state index contributed by atoms with van der Waals surface area (Å²) in [5.74, 6) is -0.512. The van der Waals surface area contributed by atoms with E-state index in [-0.39, 0.29) is 35.8 Å². The predicted octanol–water partition coefficient (Wildman–Crippen LogP) is 3.43. The van der Waals surface area contributed by atoms with Gasteiger partial charge in [-0.2, -0.15) is 0 Å². The van der Waals surface area contributed by atoms with Crippen LogP contribution in [0.2, 0.25) is 0 Å². The van der Waals surface area contributed by atoms with E-state index in [0.717, 1.165) is 25.7 Å². The number of aliphatic hydroxyl groups is 1. The number of carbonyl (C=O) groups excluding carboxylic acids is 1. The first-order valence-electron chi connectivity index (χ1n) is 9.39. The fraction of sp³-hybridized carbons (Fsp3) is 0.409. The summed E-state index contributed by atoms with van der Waals surface area (Å²) in [6, 6.07) is 14.5. The fourth-order valence-electron chi connectivity index (χ4n) is 4.96. The molecule has 2 fully saturated rings. The molecule has 0 saturated carbocycles. The van der Waals surface area contributed by atoms with Crippen molar-refractivity contribution in [1.29, 1.82) is 0 Å². The zero-order chi connectivity index (χ0) is 19.0. The molecule has 4 nitrogen and oxygen atoms in total. The molecule has 3 atom stereocenters. The molecule has 27 heavy (non-hydrogen) atoms. The third-order valence-electron chi connectivity index (χ3n) is 6.20. The molecule has 2 aliphatic heterocycles. The van der Waals surface area contributed by atoms with Gasteiger partial charge in [0.15, 0.2) is 11.6 Å². The second-order valence-electron chi connectivity index (χ2n) is 7.70. The van der Waals surface area contributed by atoms with Gasteiger partial charge in [-0.15, -0.1) is 0 Å². The Morgan fingerprint density at radius 2 is 2.04 bits per heavy atom. The molecule has 5 heteroatoms. The van der Waals surface area contributed by atoms with Crippen LogP contribution in [0.25, 0.3) is 0 Å². The molecular formula is C22H24FNO3. The van der Waals surface area contributed by atoms with Crippen LogP contribution in [0.5, 0.6) is 5.75 Å². The first kappa shape index (κ1) is 18.0. The number of hydrogen-bond acceptors (Lipinski definition) is 3. The monoisotopic (exact) mass is 369 g/mol. The van der Waals surface area contributed by atoms with Gasteiger partial charge in [0.25, 0.3) is 5.91 Å². The van der Waals surface area contributed by atoms with Crippen LogP contribution in [0.1, 0.15) is 35.2 Å². The minimum absolute atomic E-state index is 0.00347. The molecule has 142 valence electrons. The summed E-state index contributed by atoms with van der Waals surface area (Å²) in [5.41, 5.74) is 1.29. The third-order valence-corrected chi connectivity index (χ3v) is 6.20. The van der Waals surface area contributed by atoms with Crippen LogP contribution in [0.4, 0.5) is 4.39 Å². The Kier molecular flexibility index (Phi) is 4.64. The summed E-state index contributed by atoms with van der Waals surface area (Å²) in [6.45, 7) is 0.0551. The smallest absolute Gasteiger partial charge is 0.254 e. The van der Waals surface area contributed by atoms with Gasteiger partial charge in [0.2, 0.25) is 0 Å². The number of carbonyl (C=O) groups is 1. The molecule has 1 N–H and O–H groups in total. The summed E-state index contributed by atoms with van der Waals surface area (Å²) < 4.78 is 18.7. The van der Waals surface area contributed by atoms with E-state index in [9.17, 15) is 14.3 Å². The van der Waals surface area contributed by atoms with E-state index in [1.54, 1.807) is 0 Å². The molecule has 0 unspecified atom stereocenters. The van der Waals surface area contributed by atoms with Gasteiger partial charge in [-0.05, 0) is 49.4 Å². The topological polar surface area (TPSA) is 49.8 Å². The van der Waals surface area contributed by atoms with Crippen LogP contribution in [0.3, 0.4) is 0 Å². The molecule has 0 aromatic heterocycles. The Hall–Kier alpha value is -2.40. The number of ether oxygens (including phenoxy) is 1. The van der Waals surface area contributed by atoms with Crippen LogP contribution in [0.15, 0.2) is 48.5 Å². The van der Waals surface area contributed by atoms with E-state index >= 15 is 0 Å². The highest BCUT2D eigenvalue weighted by Gasteiger charge is 2.57. The lowest BCUT2D eigenvalue weighted by molar-refractivity contribution is 0.0571. The maximum Gasteiger partial charge on any atom is 0.254 e. The SMILES string of the molecule is COc1cc(C(=O)N2[C@H]3CC[C@@H]2[C@@](CO)(Cc2ccccc2)C3)ccc1F. The third kappa shape index (κ3) is 3.00. The van der Waals surface area contributed by atoms with Crippen molar-refractivity contribution in [2.24, 2.45) is 5.41 Å². The number of benzene rings is 2. The second-order valence-corrected chi connectivity index (χ2v) is 7.70. The van der Waals surface area contributed by atoms with Gasteiger partial charge in [-0.25, -0.2) is 4.39 Å². The average Bonchev–Trinajstić information content (AvgIpc) is 3.24. The van der Waals surface area contributed by atoms with E-state index in [4.69, 9.17) is 4.74 Å². The summed E-state index contributed by atoms with van der Waals surface area (Å²) in [4.78, 5) is 15.1. The van der Waals surface area contributed by atoms with Crippen molar-refractivity contribution in [3.63, 3.8) is 0 Å². The molecular weight excluding hydrogens is 345 g/mol. The number of methoxy groups -OCH3 is 1. The quantitative estimate of drug-likeness (QED) is 0.878. The van der Waals surface area contributed by atoms with Gasteiger partial charge >= 0.3 is 0 Å². The lowest BCUT2D eigenvalue weighted by Gasteiger charge is -2.36. The number of halogens is 1. The second kappa shape index (κ2) is 6.97. The van der Waals surface area contributed by atoms with Gasteiger partial charge in [-0.1, -0.05) is 30.3 Å². The van der Waals surface area contributed by atoms with Gasteiger partial charge in [-0.3, -0.25) is 4.79 Å². The normalized spacial score (nSPS) is 26.4. The first-order valence-corrected chi connectivity index (χ1v) is 9.39. The maximum absolute atomic E-state index is 13.7. The van der Waals surface area contributed by atoms with Crippen LogP contribution in [0, 0.1) is 11.2 Å². The Morgan fingerprint density at radius 3 is 2.74 bits per heavy atom. The van der Waals surface area contributed by atoms with E-state index in [1.807, 2.05) is 23.1 Å². The Labute approximate surface area is 158 Å². The van der Waals surface area contributed by atoms with Crippen molar-refractivity contribution in [3.8, 4) is 5.75 Å². The van der Waals surface area contributed by atoms with Gasteiger partial charge in [0.05, 0.1) is 13.7 Å². The number of amides is 1. The largest absolute Gasteiger partial charge is 0.494 e. The minimum atomic E-state index is -0.479. The highest BCUT2D eigenvalue weighted by atomic mass is 19.1. The van der Waals surface area contributed by atoms with Crippen LogP contribution < -0.4 is 4.74 Å². The van der Waals surface area contributed by atoms with E-state index in [1.165, 1.54) is 30.9 Å². The van der Waals surface area contributed by atoms with Crippen molar-refractivity contribution in [3.05, 3.63) is 65.5 Å². The number of rotatable bonds is 5. The molecule has 0 spiro atoms. The van der Waals surface area contributed by atoms with Gasteiger partial charge in [0, 0.05) is 23.1 Å².